The molecule has 1 aromatic heterocycles. The predicted octanol–water partition coefficient (Wildman–Crippen LogP) is 4.11. The summed E-state index contributed by atoms with van der Waals surface area (Å²) in [5.41, 5.74) is 1.21. The molecule has 32 heavy (non-hydrogen) atoms. The Hall–Kier alpha value is -3.32. The molecular formula is C25H28FN3O3. The lowest BCUT2D eigenvalue weighted by Crippen LogP contribution is -2.50. The van der Waals surface area contributed by atoms with Crippen molar-refractivity contribution in [3.63, 3.8) is 0 Å². The van der Waals surface area contributed by atoms with Gasteiger partial charge in [-0.15, -0.1) is 0 Å². The molecule has 7 heteroatoms. The van der Waals surface area contributed by atoms with Gasteiger partial charge in [-0.1, -0.05) is 12.1 Å². The first-order valence-corrected chi connectivity index (χ1v) is 10.9. The van der Waals surface area contributed by atoms with Gasteiger partial charge in [0.1, 0.15) is 17.3 Å². The van der Waals surface area contributed by atoms with E-state index in [-0.39, 0.29) is 17.8 Å². The summed E-state index contributed by atoms with van der Waals surface area (Å²) < 4.78 is 25.3. The third-order valence-corrected chi connectivity index (χ3v) is 5.70. The Morgan fingerprint density at radius 3 is 2.47 bits per heavy atom. The van der Waals surface area contributed by atoms with Crippen LogP contribution in [0.4, 0.5) is 10.1 Å². The summed E-state index contributed by atoms with van der Waals surface area (Å²) in [4.78, 5) is 17.0. The normalized spacial score (nSPS) is 15.4. The number of nitrogens with zero attached hydrogens (tertiary/aromatic N) is 2. The molecule has 2 aromatic carbocycles. The van der Waals surface area contributed by atoms with Crippen LogP contribution in [0.25, 0.3) is 0 Å². The van der Waals surface area contributed by atoms with Crippen molar-refractivity contribution < 1.29 is 18.3 Å². The van der Waals surface area contributed by atoms with Gasteiger partial charge < -0.3 is 19.4 Å². The molecule has 0 saturated carbocycles. The standard InChI is InChI=1S/C25H28FN3O3/c1-2-31-20-11-9-19(10-12-20)25(30)27-18-23(24-8-5-17-32-24)29-15-13-28(14-16-29)22-7-4-3-6-21(22)26/h3-12,17,23H,2,13-16,18H2,1H3,(H,27,30)/t23-/m1/s1. The first-order valence-electron chi connectivity index (χ1n) is 10.9. The van der Waals surface area contributed by atoms with Crippen molar-refractivity contribution in [3.05, 3.63) is 84.1 Å². The molecule has 1 aliphatic rings. The second-order valence-corrected chi connectivity index (χ2v) is 7.67. The van der Waals surface area contributed by atoms with Crippen molar-refractivity contribution in [2.24, 2.45) is 0 Å². The lowest BCUT2D eigenvalue weighted by Gasteiger charge is -2.39. The molecule has 1 amide bonds. The van der Waals surface area contributed by atoms with Crippen molar-refractivity contribution >= 4 is 11.6 Å². The van der Waals surface area contributed by atoms with E-state index in [0.29, 0.717) is 37.5 Å². The summed E-state index contributed by atoms with van der Waals surface area (Å²) in [5.74, 6) is 1.20. The Bertz CT molecular complexity index is 1000. The minimum atomic E-state index is -0.203. The lowest BCUT2D eigenvalue weighted by atomic mass is 10.1. The van der Waals surface area contributed by atoms with Gasteiger partial charge in [0.15, 0.2) is 0 Å². The van der Waals surface area contributed by atoms with Gasteiger partial charge in [-0.2, -0.15) is 0 Å². The van der Waals surface area contributed by atoms with Gasteiger partial charge in [0.05, 0.1) is 24.6 Å². The molecule has 4 rings (SSSR count). The summed E-state index contributed by atoms with van der Waals surface area (Å²) in [5, 5.41) is 3.03. The first kappa shape index (κ1) is 21.9. The Kier molecular flexibility index (Phi) is 7.07. The highest BCUT2D eigenvalue weighted by molar-refractivity contribution is 5.94. The quantitative estimate of drug-likeness (QED) is 0.575. The Morgan fingerprint density at radius 2 is 1.81 bits per heavy atom. The van der Waals surface area contributed by atoms with Gasteiger partial charge >= 0.3 is 0 Å². The number of amides is 1. The molecule has 0 radical (unpaired) electrons. The topological polar surface area (TPSA) is 58.0 Å². The van der Waals surface area contributed by atoms with E-state index in [4.69, 9.17) is 9.15 Å². The number of para-hydroxylation sites is 1. The number of rotatable bonds is 8. The van der Waals surface area contributed by atoms with E-state index in [9.17, 15) is 9.18 Å². The van der Waals surface area contributed by atoms with E-state index in [2.05, 4.69) is 15.1 Å². The van der Waals surface area contributed by atoms with E-state index in [1.165, 1.54) is 6.07 Å². The van der Waals surface area contributed by atoms with Crippen molar-refractivity contribution in [3.8, 4) is 5.75 Å². The highest BCUT2D eigenvalue weighted by Crippen LogP contribution is 2.26. The zero-order valence-electron chi connectivity index (χ0n) is 18.2. The van der Waals surface area contributed by atoms with Crippen LogP contribution >= 0.6 is 0 Å². The molecular weight excluding hydrogens is 409 g/mol. The first-order chi connectivity index (χ1) is 15.7. The molecule has 0 spiro atoms. The number of halogens is 1. The Balaban J connectivity index is 1.39. The predicted molar refractivity (Wildman–Crippen MR) is 122 cm³/mol. The van der Waals surface area contributed by atoms with Gasteiger partial charge in [0, 0.05) is 38.3 Å². The molecule has 1 fully saturated rings. The van der Waals surface area contributed by atoms with Crippen LogP contribution in [0, 0.1) is 5.82 Å². The Morgan fingerprint density at radius 1 is 1.06 bits per heavy atom. The molecule has 0 bridgehead atoms. The number of carbonyl (C=O) groups excluding carboxylic acids is 1. The highest BCUT2D eigenvalue weighted by atomic mass is 19.1. The van der Waals surface area contributed by atoms with Gasteiger partial charge in [0.25, 0.3) is 5.91 Å². The maximum Gasteiger partial charge on any atom is 0.251 e. The molecule has 0 unspecified atom stereocenters. The molecule has 1 aliphatic heterocycles. The number of benzene rings is 2. The zero-order chi connectivity index (χ0) is 22.3. The van der Waals surface area contributed by atoms with E-state index in [1.807, 2.05) is 31.2 Å². The van der Waals surface area contributed by atoms with E-state index < -0.39 is 0 Å². The van der Waals surface area contributed by atoms with Gasteiger partial charge in [0.2, 0.25) is 0 Å². The van der Waals surface area contributed by atoms with Crippen LogP contribution < -0.4 is 15.0 Å². The number of hydrogen-bond donors (Lipinski definition) is 1. The van der Waals surface area contributed by atoms with Crippen LogP contribution in [0.5, 0.6) is 5.75 Å². The number of nitrogens with one attached hydrogen (secondary N) is 1. The van der Waals surface area contributed by atoms with E-state index in [1.54, 1.807) is 36.6 Å². The summed E-state index contributed by atoms with van der Waals surface area (Å²) in [6.45, 7) is 5.79. The van der Waals surface area contributed by atoms with Gasteiger partial charge in [-0.3, -0.25) is 9.69 Å². The third kappa shape index (κ3) is 5.11. The van der Waals surface area contributed by atoms with Gasteiger partial charge in [-0.05, 0) is 55.5 Å². The summed E-state index contributed by atoms with van der Waals surface area (Å²) in [6.07, 6.45) is 1.65. The second kappa shape index (κ2) is 10.3. The highest BCUT2D eigenvalue weighted by Gasteiger charge is 2.28. The largest absolute Gasteiger partial charge is 0.494 e. The van der Waals surface area contributed by atoms with Crippen LogP contribution in [0.15, 0.2) is 71.3 Å². The fraction of sp³-hybridized carbons (Fsp3) is 0.320. The molecule has 3 aromatic rings. The monoisotopic (exact) mass is 437 g/mol. The third-order valence-electron chi connectivity index (χ3n) is 5.70. The summed E-state index contributed by atoms with van der Waals surface area (Å²) in [7, 11) is 0. The average Bonchev–Trinajstić information content (AvgIpc) is 3.35. The molecule has 1 atom stereocenters. The van der Waals surface area contributed by atoms with Crippen molar-refractivity contribution in [2.75, 3.05) is 44.2 Å². The number of carbonyl (C=O) groups is 1. The van der Waals surface area contributed by atoms with Crippen LogP contribution in [-0.4, -0.2) is 50.1 Å². The lowest BCUT2D eigenvalue weighted by molar-refractivity contribution is 0.0922. The molecule has 6 nitrogen and oxygen atoms in total. The van der Waals surface area contributed by atoms with E-state index in [0.717, 1.165) is 24.6 Å². The van der Waals surface area contributed by atoms with Crippen LogP contribution in [0.3, 0.4) is 0 Å². The molecule has 0 aliphatic carbocycles. The minimum Gasteiger partial charge on any atom is -0.494 e. The summed E-state index contributed by atoms with van der Waals surface area (Å²) >= 11 is 0. The average molecular weight is 438 g/mol. The van der Waals surface area contributed by atoms with Gasteiger partial charge in [-0.25, -0.2) is 4.39 Å². The second-order valence-electron chi connectivity index (χ2n) is 7.67. The minimum absolute atomic E-state index is 0.0978. The number of furan rings is 1. The van der Waals surface area contributed by atoms with E-state index >= 15 is 0 Å². The van der Waals surface area contributed by atoms with Crippen LogP contribution in [0.1, 0.15) is 29.1 Å². The smallest absolute Gasteiger partial charge is 0.251 e. The molecule has 1 N–H and O–H groups in total. The van der Waals surface area contributed by atoms with Crippen molar-refractivity contribution in [1.82, 2.24) is 10.2 Å². The van der Waals surface area contributed by atoms with Crippen LogP contribution in [-0.2, 0) is 0 Å². The number of piperazine rings is 1. The van der Waals surface area contributed by atoms with Crippen molar-refractivity contribution in [1.29, 1.82) is 0 Å². The maximum absolute atomic E-state index is 14.2. The maximum atomic E-state index is 14.2. The fourth-order valence-electron chi connectivity index (χ4n) is 4.03. The molecule has 168 valence electrons. The molecule has 1 saturated heterocycles. The van der Waals surface area contributed by atoms with Crippen LogP contribution in [0.2, 0.25) is 0 Å². The number of ether oxygens (including phenoxy) is 1. The Labute approximate surface area is 187 Å². The SMILES string of the molecule is CCOc1ccc(C(=O)NC[C@H](c2ccco2)N2CCN(c3ccccc3F)CC2)cc1. The molecule has 2 heterocycles. The number of hydrogen-bond acceptors (Lipinski definition) is 5. The fourth-order valence-corrected chi connectivity index (χ4v) is 4.03. The number of anilines is 1. The summed E-state index contributed by atoms with van der Waals surface area (Å²) in [6, 6.07) is 17.7. The zero-order valence-corrected chi connectivity index (χ0v) is 18.2. The van der Waals surface area contributed by atoms with Crippen molar-refractivity contribution in [2.45, 2.75) is 13.0 Å².